The second-order valence-electron chi connectivity index (χ2n) is 3.67. The fraction of sp³-hybridized carbons (Fsp3) is 0.333. The second kappa shape index (κ2) is 3.67. The number of oxime groups is 1. The quantitative estimate of drug-likeness (QED) is 0.678. The molecule has 3 heterocycles. The summed E-state index contributed by atoms with van der Waals surface area (Å²) in [4.78, 5) is 17.1. The van der Waals surface area contributed by atoms with Gasteiger partial charge in [-0.05, 0) is 0 Å². The summed E-state index contributed by atoms with van der Waals surface area (Å²) in [5, 5.41) is 12.9. The van der Waals surface area contributed by atoms with Gasteiger partial charge in [-0.15, -0.1) is 0 Å². The van der Waals surface area contributed by atoms with Crippen LogP contribution in [-0.4, -0.2) is 43.2 Å². The van der Waals surface area contributed by atoms with E-state index in [2.05, 4.69) is 20.1 Å². The molecular weight excluding hydrogens is 224 g/mol. The number of hydrogen-bond acceptors (Lipinski definition) is 7. The second-order valence-corrected chi connectivity index (χ2v) is 3.67. The van der Waals surface area contributed by atoms with Crippen molar-refractivity contribution in [1.29, 1.82) is 0 Å². The topological polar surface area (TPSA) is 111 Å². The predicted molar refractivity (Wildman–Crippen MR) is 59.1 cm³/mol. The summed E-state index contributed by atoms with van der Waals surface area (Å²) in [6.45, 7) is -0.0727. The summed E-state index contributed by atoms with van der Waals surface area (Å²) < 4.78 is 1.68. The van der Waals surface area contributed by atoms with E-state index in [0.717, 1.165) is 0 Å². The molecule has 2 aromatic heterocycles. The molecule has 0 spiro atoms. The number of nitrogen functional groups attached to an aromatic ring is 1. The summed E-state index contributed by atoms with van der Waals surface area (Å²) in [7, 11) is 0. The van der Waals surface area contributed by atoms with E-state index in [1.807, 2.05) is 0 Å². The molecule has 1 unspecified atom stereocenters. The lowest BCUT2D eigenvalue weighted by Crippen LogP contribution is -2.16. The van der Waals surface area contributed by atoms with E-state index in [9.17, 15) is 0 Å². The van der Waals surface area contributed by atoms with Crippen molar-refractivity contribution in [3.63, 3.8) is 0 Å². The van der Waals surface area contributed by atoms with Crippen LogP contribution in [0.1, 0.15) is 6.42 Å². The molecule has 0 amide bonds. The minimum absolute atomic E-state index is 0.0727. The standard InChI is InChI=1S/C9H10N6O2/c10-8-7-9(12-3-11-8)15(4-13-7)6-1-5(2-16)17-14-6/h3-5,16H,1-2H2,(H2,10,11,12). The average Bonchev–Trinajstić information content (AvgIpc) is 2.94. The van der Waals surface area contributed by atoms with Gasteiger partial charge in [-0.1, -0.05) is 5.16 Å². The maximum absolute atomic E-state index is 8.97. The fourth-order valence-electron chi connectivity index (χ4n) is 1.70. The van der Waals surface area contributed by atoms with Gasteiger partial charge in [-0.3, -0.25) is 4.57 Å². The first-order valence-electron chi connectivity index (χ1n) is 5.07. The Morgan fingerprint density at radius 2 is 2.35 bits per heavy atom. The Morgan fingerprint density at radius 1 is 1.47 bits per heavy atom. The van der Waals surface area contributed by atoms with Crippen molar-refractivity contribution in [2.75, 3.05) is 12.3 Å². The normalized spacial score (nSPS) is 19.4. The van der Waals surface area contributed by atoms with Gasteiger partial charge in [0.25, 0.3) is 0 Å². The Hall–Kier alpha value is -2.22. The van der Waals surface area contributed by atoms with Crippen LogP contribution in [0.3, 0.4) is 0 Å². The molecule has 1 aliphatic heterocycles. The predicted octanol–water partition coefficient (Wildman–Crippen LogP) is -0.649. The highest BCUT2D eigenvalue weighted by Crippen LogP contribution is 2.18. The Labute approximate surface area is 95.7 Å². The summed E-state index contributed by atoms with van der Waals surface area (Å²) >= 11 is 0. The molecular formula is C9H10N6O2. The number of rotatable bonds is 1. The molecule has 8 heteroatoms. The van der Waals surface area contributed by atoms with Gasteiger partial charge in [-0.25, -0.2) is 15.0 Å². The molecule has 17 heavy (non-hydrogen) atoms. The van der Waals surface area contributed by atoms with Gasteiger partial charge in [0.1, 0.15) is 12.7 Å². The van der Waals surface area contributed by atoms with E-state index in [1.165, 1.54) is 6.33 Å². The number of nitrogens with two attached hydrogens (primary N) is 1. The molecule has 0 saturated heterocycles. The van der Waals surface area contributed by atoms with E-state index >= 15 is 0 Å². The molecule has 0 radical (unpaired) electrons. The number of hydrogen-bond donors (Lipinski definition) is 2. The van der Waals surface area contributed by atoms with Crippen LogP contribution in [-0.2, 0) is 4.84 Å². The molecule has 3 N–H and O–H groups in total. The van der Waals surface area contributed by atoms with Gasteiger partial charge >= 0.3 is 0 Å². The number of fused-ring (bicyclic) bond motifs is 1. The third-order valence-electron chi connectivity index (χ3n) is 2.56. The van der Waals surface area contributed by atoms with Crippen molar-refractivity contribution in [2.24, 2.45) is 5.16 Å². The number of aliphatic hydroxyl groups excluding tert-OH is 1. The van der Waals surface area contributed by atoms with Crippen LogP contribution in [0.15, 0.2) is 17.8 Å². The van der Waals surface area contributed by atoms with Gasteiger partial charge in [-0.2, -0.15) is 0 Å². The van der Waals surface area contributed by atoms with Crippen LogP contribution < -0.4 is 5.73 Å². The van der Waals surface area contributed by atoms with Crippen LogP contribution in [0, 0.1) is 0 Å². The van der Waals surface area contributed by atoms with Crippen molar-refractivity contribution >= 4 is 22.8 Å². The van der Waals surface area contributed by atoms with Crippen LogP contribution >= 0.6 is 0 Å². The van der Waals surface area contributed by atoms with Gasteiger partial charge in [0, 0.05) is 0 Å². The Bertz CT molecular complexity index is 592. The third kappa shape index (κ3) is 1.49. The van der Waals surface area contributed by atoms with E-state index in [-0.39, 0.29) is 12.7 Å². The zero-order chi connectivity index (χ0) is 11.8. The summed E-state index contributed by atoms with van der Waals surface area (Å²) in [5.74, 6) is 0.969. The number of imidazole rings is 1. The van der Waals surface area contributed by atoms with E-state index in [1.54, 1.807) is 10.9 Å². The van der Waals surface area contributed by atoms with Gasteiger partial charge in [0.15, 0.2) is 28.9 Å². The Morgan fingerprint density at radius 3 is 3.12 bits per heavy atom. The maximum Gasteiger partial charge on any atom is 0.171 e. The fourth-order valence-corrected chi connectivity index (χ4v) is 1.70. The largest absolute Gasteiger partial charge is 0.392 e. The first-order chi connectivity index (χ1) is 8.29. The SMILES string of the molecule is Nc1ncnc2c1ncn2C1=NOC(CO)C1. The summed E-state index contributed by atoms with van der Waals surface area (Å²) in [6, 6.07) is 0. The van der Waals surface area contributed by atoms with Crippen molar-refractivity contribution in [2.45, 2.75) is 12.5 Å². The Balaban J connectivity index is 2.05. The molecule has 0 aromatic carbocycles. The lowest BCUT2D eigenvalue weighted by Gasteiger charge is -2.02. The minimum atomic E-state index is -0.304. The monoisotopic (exact) mass is 234 g/mol. The van der Waals surface area contributed by atoms with Gasteiger partial charge < -0.3 is 15.7 Å². The Kier molecular flexibility index (Phi) is 2.15. The van der Waals surface area contributed by atoms with Gasteiger partial charge in [0.2, 0.25) is 0 Å². The highest BCUT2D eigenvalue weighted by Gasteiger charge is 2.23. The van der Waals surface area contributed by atoms with Crippen LogP contribution in [0.2, 0.25) is 0 Å². The lowest BCUT2D eigenvalue weighted by molar-refractivity contribution is 0.0390. The molecule has 0 saturated carbocycles. The molecule has 3 rings (SSSR count). The summed E-state index contributed by atoms with van der Waals surface area (Å²) in [5.41, 5.74) is 6.80. The maximum atomic E-state index is 8.97. The third-order valence-corrected chi connectivity index (χ3v) is 2.56. The minimum Gasteiger partial charge on any atom is -0.392 e. The number of nitrogens with zero attached hydrogens (tertiary/aromatic N) is 5. The molecule has 0 bridgehead atoms. The molecule has 1 aliphatic rings. The van der Waals surface area contributed by atoms with Crippen LogP contribution in [0.25, 0.3) is 11.2 Å². The van der Waals surface area contributed by atoms with E-state index in [4.69, 9.17) is 15.7 Å². The van der Waals surface area contributed by atoms with Crippen molar-refractivity contribution in [3.8, 4) is 0 Å². The lowest BCUT2D eigenvalue weighted by atomic mass is 10.2. The van der Waals surface area contributed by atoms with Crippen molar-refractivity contribution in [1.82, 2.24) is 19.5 Å². The van der Waals surface area contributed by atoms with Crippen LogP contribution in [0.5, 0.6) is 0 Å². The van der Waals surface area contributed by atoms with Gasteiger partial charge in [0.05, 0.1) is 13.0 Å². The molecule has 1 atom stereocenters. The molecule has 8 nitrogen and oxygen atoms in total. The number of aromatic nitrogens is 4. The summed E-state index contributed by atoms with van der Waals surface area (Å²) in [6.07, 6.45) is 3.14. The zero-order valence-electron chi connectivity index (χ0n) is 8.82. The van der Waals surface area contributed by atoms with Crippen molar-refractivity contribution in [3.05, 3.63) is 12.7 Å². The average molecular weight is 234 g/mol. The zero-order valence-corrected chi connectivity index (χ0v) is 8.82. The van der Waals surface area contributed by atoms with Crippen LogP contribution in [0.4, 0.5) is 5.82 Å². The molecule has 2 aromatic rings. The smallest absolute Gasteiger partial charge is 0.171 e. The highest BCUT2D eigenvalue weighted by atomic mass is 16.6. The molecule has 88 valence electrons. The van der Waals surface area contributed by atoms with Crippen molar-refractivity contribution < 1.29 is 9.94 Å². The molecule has 0 fully saturated rings. The highest BCUT2D eigenvalue weighted by molar-refractivity contribution is 5.94. The first kappa shape index (κ1) is 9.97. The van der Waals surface area contributed by atoms with E-state index < -0.39 is 0 Å². The number of anilines is 1. The van der Waals surface area contributed by atoms with E-state index in [0.29, 0.717) is 29.2 Å². The molecule has 0 aliphatic carbocycles. The first-order valence-corrected chi connectivity index (χ1v) is 5.07. The number of aliphatic hydroxyl groups is 1.